The number of aryl methyl sites for hydroxylation is 1. The number of hydrogen-bond acceptors (Lipinski definition) is 5. The molecule has 1 heterocycles. The number of carbonyl (C=O) groups is 1. The molecule has 0 aliphatic carbocycles. The van der Waals surface area contributed by atoms with Crippen LogP contribution in [0.4, 0.5) is 0 Å². The van der Waals surface area contributed by atoms with Crippen LogP contribution in [-0.2, 0) is 11.4 Å². The van der Waals surface area contributed by atoms with E-state index in [2.05, 4.69) is 15.6 Å². The number of carbonyl (C=O) groups excluding carboxylic acids is 1. The van der Waals surface area contributed by atoms with Crippen LogP contribution >= 0.6 is 0 Å². The molecule has 7 nitrogen and oxygen atoms in total. The predicted octanol–water partition coefficient (Wildman–Crippen LogP) is 4.60. The lowest BCUT2D eigenvalue weighted by Gasteiger charge is -2.08. The summed E-state index contributed by atoms with van der Waals surface area (Å²) >= 11 is 0. The zero-order valence-electron chi connectivity index (χ0n) is 19.1. The van der Waals surface area contributed by atoms with Gasteiger partial charge in [-0.05, 0) is 55.8 Å². The Morgan fingerprint density at radius 3 is 2.21 bits per heavy atom. The Labute approximate surface area is 198 Å². The molecule has 4 rings (SSSR count). The summed E-state index contributed by atoms with van der Waals surface area (Å²) in [5.41, 5.74) is 7.18. The van der Waals surface area contributed by atoms with Gasteiger partial charge in [0.1, 0.15) is 18.1 Å². The van der Waals surface area contributed by atoms with E-state index in [4.69, 9.17) is 9.47 Å². The van der Waals surface area contributed by atoms with Gasteiger partial charge >= 0.3 is 0 Å². The number of amides is 1. The molecule has 4 aromatic rings. The number of nitrogens with one attached hydrogen (secondary N) is 1. The fourth-order valence-electron chi connectivity index (χ4n) is 3.39. The standard InChI is InChI=1S/C27H26N4O3/c1-20-26(21(2)31(30-20)23-11-7-4-8-12-23)17-28-29-27(32)19-34-25-15-13-24(14-16-25)33-18-22-9-5-3-6-10-22/h3-17H,18-19H2,1-2H3,(H,29,32)/b28-17+. The molecular formula is C27H26N4O3. The van der Waals surface area contributed by atoms with Crippen LogP contribution in [0, 0.1) is 13.8 Å². The normalized spacial score (nSPS) is 10.9. The van der Waals surface area contributed by atoms with Crippen molar-refractivity contribution in [1.29, 1.82) is 0 Å². The molecule has 0 atom stereocenters. The third kappa shape index (κ3) is 5.89. The molecule has 0 saturated carbocycles. The number of benzene rings is 3. The van der Waals surface area contributed by atoms with Gasteiger partial charge in [0, 0.05) is 5.56 Å². The molecule has 172 valence electrons. The van der Waals surface area contributed by atoms with Gasteiger partial charge in [-0.1, -0.05) is 48.5 Å². The largest absolute Gasteiger partial charge is 0.489 e. The van der Waals surface area contributed by atoms with Crippen LogP contribution in [0.5, 0.6) is 11.5 Å². The predicted molar refractivity (Wildman–Crippen MR) is 131 cm³/mol. The zero-order valence-corrected chi connectivity index (χ0v) is 19.1. The smallest absolute Gasteiger partial charge is 0.277 e. The molecule has 0 fully saturated rings. The Kier molecular flexibility index (Phi) is 7.35. The quantitative estimate of drug-likeness (QED) is 0.296. The van der Waals surface area contributed by atoms with Gasteiger partial charge in [-0.3, -0.25) is 4.79 Å². The summed E-state index contributed by atoms with van der Waals surface area (Å²) in [6.07, 6.45) is 1.61. The molecule has 0 bridgehead atoms. The van der Waals surface area contributed by atoms with Crippen LogP contribution in [0.3, 0.4) is 0 Å². The SMILES string of the molecule is Cc1nn(-c2ccccc2)c(C)c1/C=N/NC(=O)COc1ccc(OCc2ccccc2)cc1. The van der Waals surface area contributed by atoms with Crippen LogP contribution in [0.25, 0.3) is 5.69 Å². The van der Waals surface area contributed by atoms with Crippen molar-refractivity contribution in [3.63, 3.8) is 0 Å². The molecule has 0 saturated heterocycles. The number of ether oxygens (including phenoxy) is 2. The lowest BCUT2D eigenvalue weighted by Crippen LogP contribution is -2.24. The summed E-state index contributed by atoms with van der Waals surface area (Å²) < 4.78 is 13.2. The summed E-state index contributed by atoms with van der Waals surface area (Å²) in [6, 6.07) is 27.0. The first-order valence-electron chi connectivity index (χ1n) is 10.9. The first-order valence-corrected chi connectivity index (χ1v) is 10.9. The Bertz CT molecular complexity index is 1250. The molecule has 0 radical (unpaired) electrons. The molecule has 1 N–H and O–H groups in total. The average molecular weight is 455 g/mol. The molecule has 34 heavy (non-hydrogen) atoms. The summed E-state index contributed by atoms with van der Waals surface area (Å²) in [4.78, 5) is 12.1. The highest BCUT2D eigenvalue weighted by atomic mass is 16.5. The van der Waals surface area contributed by atoms with Crippen molar-refractivity contribution in [3.8, 4) is 17.2 Å². The van der Waals surface area contributed by atoms with Gasteiger partial charge in [0.2, 0.25) is 0 Å². The number of nitrogens with zero attached hydrogens (tertiary/aromatic N) is 3. The fourth-order valence-corrected chi connectivity index (χ4v) is 3.39. The lowest BCUT2D eigenvalue weighted by molar-refractivity contribution is -0.123. The Morgan fingerprint density at radius 2 is 1.53 bits per heavy atom. The maximum absolute atomic E-state index is 12.1. The minimum absolute atomic E-state index is 0.150. The zero-order chi connectivity index (χ0) is 23.8. The van der Waals surface area contributed by atoms with Crippen molar-refractivity contribution in [1.82, 2.24) is 15.2 Å². The second-order valence-electron chi connectivity index (χ2n) is 7.66. The molecule has 1 amide bonds. The van der Waals surface area contributed by atoms with Crippen LogP contribution < -0.4 is 14.9 Å². The fraction of sp³-hybridized carbons (Fsp3) is 0.148. The van der Waals surface area contributed by atoms with Crippen molar-refractivity contribution >= 4 is 12.1 Å². The first-order chi connectivity index (χ1) is 16.6. The van der Waals surface area contributed by atoms with E-state index in [1.165, 1.54) is 0 Å². The van der Waals surface area contributed by atoms with E-state index in [9.17, 15) is 4.79 Å². The number of para-hydroxylation sites is 1. The maximum atomic E-state index is 12.1. The van der Waals surface area contributed by atoms with Crippen LogP contribution in [0.15, 0.2) is 90.0 Å². The van der Waals surface area contributed by atoms with Crippen LogP contribution in [0.1, 0.15) is 22.5 Å². The summed E-state index contributed by atoms with van der Waals surface area (Å²) in [5.74, 6) is 0.945. The summed E-state index contributed by atoms with van der Waals surface area (Å²) in [6.45, 7) is 4.21. The van der Waals surface area contributed by atoms with E-state index in [1.54, 1.807) is 18.3 Å². The molecule has 0 unspecified atom stereocenters. The second-order valence-corrected chi connectivity index (χ2v) is 7.66. The van der Waals surface area contributed by atoms with Gasteiger partial charge in [0.15, 0.2) is 6.61 Å². The van der Waals surface area contributed by atoms with Crippen molar-refractivity contribution < 1.29 is 14.3 Å². The molecule has 7 heteroatoms. The van der Waals surface area contributed by atoms with Crippen molar-refractivity contribution in [2.45, 2.75) is 20.5 Å². The van der Waals surface area contributed by atoms with E-state index in [0.717, 1.165) is 34.0 Å². The van der Waals surface area contributed by atoms with E-state index >= 15 is 0 Å². The monoisotopic (exact) mass is 454 g/mol. The number of hydrogen-bond donors (Lipinski definition) is 1. The van der Waals surface area contributed by atoms with Crippen molar-refractivity contribution in [3.05, 3.63) is 107 Å². The highest BCUT2D eigenvalue weighted by Gasteiger charge is 2.11. The summed E-state index contributed by atoms with van der Waals surface area (Å²) in [7, 11) is 0. The number of aromatic nitrogens is 2. The van der Waals surface area contributed by atoms with E-state index in [1.807, 2.05) is 91.3 Å². The van der Waals surface area contributed by atoms with E-state index in [-0.39, 0.29) is 12.5 Å². The van der Waals surface area contributed by atoms with Gasteiger partial charge < -0.3 is 9.47 Å². The van der Waals surface area contributed by atoms with Gasteiger partial charge in [-0.25, -0.2) is 10.1 Å². The van der Waals surface area contributed by atoms with Crippen LogP contribution in [-0.4, -0.2) is 28.5 Å². The van der Waals surface area contributed by atoms with Gasteiger partial charge in [0.25, 0.3) is 5.91 Å². The molecule has 0 spiro atoms. The Morgan fingerprint density at radius 1 is 0.912 bits per heavy atom. The average Bonchev–Trinajstić information content (AvgIpc) is 3.16. The van der Waals surface area contributed by atoms with Crippen LogP contribution in [0.2, 0.25) is 0 Å². The van der Waals surface area contributed by atoms with Crippen molar-refractivity contribution in [2.24, 2.45) is 5.10 Å². The lowest BCUT2D eigenvalue weighted by atomic mass is 10.2. The first kappa shape index (κ1) is 22.8. The third-order valence-corrected chi connectivity index (χ3v) is 5.17. The van der Waals surface area contributed by atoms with Gasteiger partial charge in [0.05, 0.1) is 23.3 Å². The Balaban J connectivity index is 1.26. The van der Waals surface area contributed by atoms with E-state index < -0.39 is 0 Å². The van der Waals surface area contributed by atoms with Crippen molar-refractivity contribution in [2.75, 3.05) is 6.61 Å². The highest BCUT2D eigenvalue weighted by molar-refractivity contribution is 5.85. The number of rotatable bonds is 9. The molecular weight excluding hydrogens is 428 g/mol. The molecule has 1 aromatic heterocycles. The summed E-state index contributed by atoms with van der Waals surface area (Å²) in [5, 5.41) is 8.64. The molecule has 0 aliphatic heterocycles. The second kappa shape index (κ2) is 11.0. The Hall–Kier alpha value is -4.39. The highest BCUT2D eigenvalue weighted by Crippen LogP contribution is 2.19. The topological polar surface area (TPSA) is 77.7 Å². The minimum Gasteiger partial charge on any atom is -0.489 e. The molecule has 3 aromatic carbocycles. The maximum Gasteiger partial charge on any atom is 0.277 e. The third-order valence-electron chi connectivity index (χ3n) is 5.17. The van der Waals surface area contributed by atoms with Gasteiger partial charge in [-0.2, -0.15) is 10.2 Å². The number of hydrazone groups is 1. The van der Waals surface area contributed by atoms with E-state index in [0.29, 0.717) is 12.4 Å². The molecule has 0 aliphatic rings. The van der Waals surface area contributed by atoms with Gasteiger partial charge in [-0.15, -0.1) is 0 Å². The minimum atomic E-state index is -0.355.